The van der Waals surface area contributed by atoms with Gasteiger partial charge in [-0.25, -0.2) is 9.37 Å². The zero-order valence-electron chi connectivity index (χ0n) is 12.9. The van der Waals surface area contributed by atoms with Crippen LogP contribution in [-0.2, 0) is 6.54 Å². The van der Waals surface area contributed by atoms with E-state index in [4.69, 9.17) is 0 Å². The van der Waals surface area contributed by atoms with Gasteiger partial charge in [0.25, 0.3) is 11.7 Å². The first-order chi connectivity index (χ1) is 11.7. The van der Waals surface area contributed by atoms with E-state index >= 15 is 0 Å². The van der Waals surface area contributed by atoms with E-state index in [1.54, 1.807) is 30.5 Å². The Morgan fingerprint density at radius 1 is 1.00 bits per heavy atom. The van der Waals surface area contributed by atoms with E-state index in [0.29, 0.717) is 23.6 Å². The summed E-state index contributed by atoms with van der Waals surface area (Å²) in [6, 6.07) is 19.1. The molecule has 0 aliphatic carbocycles. The Balaban J connectivity index is 1.74. The van der Waals surface area contributed by atoms with Crippen LogP contribution in [0.25, 0.3) is 0 Å². The number of benzene rings is 2. The Labute approximate surface area is 139 Å². The van der Waals surface area contributed by atoms with Gasteiger partial charge in [0.1, 0.15) is 17.9 Å². The Kier molecular flexibility index (Phi) is 4.81. The summed E-state index contributed by atoms with van der Waals surface area (Å²) < 4.78 is 13.2. The standard InChI is InChI=1S/C19H16FN3O/c20-15-8-4-9-16(12-15)23-19(24)17-10-5-11-21-18(17)22-13-14-6-2-1-3-7-14/h1-12H,13H2,(H,21,22)(H,23,24)/p+1. The van der Waals surface area contributed by atoms with Crippen LogP contribution in [0.15, 0.2) is 72.9 Å². The normalized spacial score (nSPS) is 10.2. The first-order valence-corrected chi connectivity index (χ1v) is 7.58. The third-order valence-corrected chi connectivity index (χ3v) is 3.50. The molecular formula is C19H17FN3O+. The molecule has 0 aliphatic rings. The van der Waals surface area contributed by atoms with Gasteiger partial charge in [-0.1, -0.05) is 36.4 Å². The van der Waals surface area contributed by atoms with Gasteiger partial charge in [0.2, 0.25) is 0 Å². The van der Waals surface area contributed by atoms with E-state index in [-0.39, 0.29) is 5.91 Å². The third kappa shape index (κ3) is 3.95. The van der Waals surface area contributed by atoms with Crippen molar-refractivity contribution in [2.45, 2.75) is 6.54 Å². The topological polar surface area (TPSA) is 55.3 Å². The lowest BCUT2D eigenvalue weighted by Gasteiger charge is -2.07. The lowest BCUT2D eigenvalue weighted by molar-refractivity contribution is -0.361. The molecule has 0 unspecified atom stereocenters. The Hall–Kier alpha value is -3.21. The molecule has 3 rings (SSSR count). The average molecular weight is 322 g/mol. The second-order valence-electron chi connectivity index (χ2n) is 5.26. The van der Waals surface area contributed by atoms with Gasteiger partial charge in [0, 0.05) is 5.69 Å². The molecule has 0 atom stereocenters. The minimum absolute atomic E-state index is 0.312. The van der Waals surface area contributed by atoms with E-state index < -0.39 is 5.82 Å². The fourth-order valence-corrected chi connectivity index (χ4v) is 2.32. The van der Waals surface area contributed by atoms with Crippen molar-refractivity contribution in [2.75, 3.05) is 10.6 Å². The summed E-state index contributed by atoms with van der Waals surface area (Å²) in [5.74, 6) is -0.0990. The summed E-state index contributed by atoms with van der Waals surface area (Å²) in [5.41, 5.74) is 1.97. The molecule has 2 aromatic carbocycles. The van der Waals surface area contributed by atoms with E-state index in [1.807, 2.05) is 30.3 Å². The SMILES string of the molecule is O=C(Nc1cccc(F)c1)c1ccc[nH+]c1NCc1ccccc1. The molecule has 0 bridgehead atoms. The number of anilines is 2. The van der Waals surface area contributed by atoms with Crippen LogP contribution < -0.4 is 15.6 Å². The molecule has 0 spiro atoms. The van der Waals surface area contributed by atoms with Gasteiger partial charge in [-0.15, -0.1) is 0 Å². The second-order valence-corrected chi connectivity index (χ2v) is 5.26. The third-order valence-electron chi connectivity index (χ3n) is 3.50. The molecule has 120 valence electrons. The molecule has 5 heteroatoms. The first-order valence-electron chi connectivity index (χ1n) is 7.58. The molecule has 1 amide bonds. The number of rotatable bonds is 5. The van der Waals surface area contributed by atoms with Crippen molar-refractivity contribution in [1.29, 1.82) is 0 Å². The number of aromatic nitrogens is 1. The molecule has 0 saturated carbocycles. The molecule has 1 heterocycles. The highest BCUT2D eigenvalue weighted by Gasteiger charge is 2.17. The minimum Gasteiger partial charge on any atom is -0.322 e. The predicted molar refractivity (Wildman–Crippen MR) is 91.1 cm³/mol. The quantitative estimate of drug-likeness (QED) is 0.755. The van der Waals surface area contributed by atoms with Crippen molar-refractivity contribution >= 4 is 17.4 Å². The van der Waals surface area contributed by atoms with Crippen molar-refractivity contribution in [3.05, 3.63) is 89.9 Å². The van der Waals surface area contributed by atoms with E-state index in [2.05, 4.69) is 15.6 Å². The lowest BCUT2D eigenvalue weighted by Crippen LogP contribution is -2.21. The Bertz CT molecular complexity index is 837. The minimum atomic E-state index is -0.394. The number of H-pyrrole nitrogens is 1. The maximum atomic E-state index is 13.2. The summed E-state index contributed by atoms with van der Waals surface area (Å²) in [6.07, 6.45) is 1.74. The van der Waals surface area contributed by atoms with Crippen LogP contribution >= 0.6 is 0 Å². The highest BCUT2D eigenvalue weighted by atomic mass is 19.1. The van der Waals surface area contributed by atoms with E-state index in [9.17, 15) is 9.18 Å². The molecule has 3 N–H and O–H groups in total. The number of carbonyl (C=O) groups is 1. The predicted octanol–water partition coefficient (Wildman–Crippen LogP) is 3.50. The Morgan fingerprint density at radius 3 is 2.62 bits per heavy atom. The second kappa shape index (κ2) is 7.37. The molecule has 0 radical (unpaired) electrons. The zero-order chi connectivity index (χ0) is 16.8. The maximum absolute atomic E-state index is 13.2. The highest BCUT2D eigenvalue weighted by Crippen LogP contribution is 2.15. The number of halogens is 1. The molecule has 0 aliphatic heterocycles. The highest BCUT2D eigenvalue weighted by molar-refractivity contribution is 6.06. The molecular weight excluding hydrogens is 305 g/mol. The summed E-state index contributed by atoms with van der Waals surface area (Å²) in [7, 11) is 0. The molecule has 0 saturated heterocycles. The van der Waals surface area contributed by atoms with Crippen LogP contribution in [0, 0.1) is 5.82 Å². The van der Waals surface area contributed by atoms with Gasteiger partial charge >= 0.3 is 0 Å². The van der Waals surface area contributed by atoms with Crippen LogP contribution in [0.2, 0.25) is 0 Å². The van der Waals surface area contributed by atoms with Crippen molar-refractivity contribution in [3.63, 3.8) is 0 Å². The van der Waals surface area contributed by atoms with E-state index in [1.165, 1.54) is 12.1 Å². The van der Waals surface area contributed by atoms with Gasteiger partial charge in [0.15, 0.2) is 0 Å². The number of carbonyl (C=O) groups excluding carboxylic acids is 1. The number of hydrogen-bond acceptors (Lipinski definition) is 2. The van der Waals surface area contributed by atoms with Crippen molar-refractivity contribution in [2.24, 2.45) is 0 Å². The van der Waals surface area contributed by atoms with Crippen molar-refractivity contribution < 1.29 is 14.2 Å². The van der Waals surface area contributed by atoms with E-state index in [0.717, 1.165) is 5.56 Å². The molecule has 3 aromatic rings. The van der Waals surface area contributed by atoms with Gasteiger partial charge in [-0.3, -0.25) is 10.1 Å². The fraction of sp³-hybridized carbons (Fsp3) is 0.0526. The Morgan fingerprint density at radius 2 is 1.83 bits per heavy atom. The van der Waals surface area contributed by atoms with Crippen LogP contribution in [-0.4, -0.2) is 5.91 Å². The molecule has 1 aromatic heterocycles. The van der Waals surface area contributed by atoms with Crippen molar-refractivity contribution in [1.82, 2.24) is 0 Å². The number of pyridine rings is 1. The van der Waals surface area contributed by atoms with Crippen LogP contribution in [0.1, 0.15) is 15.9 Å². The number of nitrogens with one attached hydrogen (secondary N) is 3. The van der Waals surface area contributed by atoms with Gasteiger partial charge in [-0.2, -0.15) is 0 Å². The monoisotopic (exact) mass is 322 g/mol. The lowest BCUT2D eigenvalue weighted by atomic mass is 10.2. The first kappa shape index (κ1) is 15.7. The average Bonchev–Trinajstić information content (AvgIpc) is 2.61. The van der Waals surface area contributed by atoms with Gasteiger partial charge in [-0.05, 0) is 35.9 Å². The molecule has 24 heavy (non-hydrogen) atoms. The number of aromatic amines is 1. The summed E-state index contributed by atoms with van der Waals surface area (Å²) in [5, 5.41) is 5.92. The van der Waals surface area contributed by atoms with Crippen LogP contribution in [0.3, 0.4) is 0 Å². The number of hydrogen-bond donors (Lipinski definition) is 2. The summed E-state index contributed by atoms with van der Waals surface area (Å²) in [4.78, 5) is 15.5. The summed E-state index contributed by atoms with van der Waals surface area (Å²) in [6.45, 7) is 0.585. The largest absolute Gasteiger partial charge is 0.322 e. The number of amides is 1. The fourth-order valence-electron chi connectivity index (χ4n) is 2.32. The summed E-state index contributed by atoms with van der Waals surface area (Å²) >= 11 is 0. The molecule has 0 fully saturated rings. The van der Waals surface area contributed by atoms with Crippen molar-refractivity contribution in [3.8, 4) is 0 Å². The van der Waals surface area contributed by atoms with Crippen LogP contribution in [0.5, 0.6) is 0 Å². The van der Waals surface area contributed by atoms with Gasteiger partial charge in [0.05, 0.1) is 6.20 Å². The maximum Gasteiger partial charge on any atom is 0.285 e. The van der Waals surface area contributed by atoms with Crippen LogP contribution in [0.4, 0.5) is 15.9 Å². The zero-order valence-corrected chi connectivity index (χ0v) is 12.9. The van der Waals surface area contributed by atoms with Gasteiger partial charge < -0.3 is 5.32 Å². The molecule has 4 nitrogen and oxygen atoms in total. The smallest absolute Gasteiger partial charge is 0.285 e.